The number of rotatable bonds is 2. The molecule has 1 aromatic rings. The molecule has 2 heteroatoms. The van der Waals surface area contributed by atoms with E-state index in [2.05, 4.69) is 60.6 Å². The molecule has 15 heavy (non-hydrogen) atoms. The van der Waals surface area contributed by atoms with Crippen LogP contribution in [-0.2, 0) is 0 Å². The van der Waals surface area contributed by atoms with E-state index >= 15 is 0 Å². The Hall–Kier alpha value is -0.810. The van der Waals surface area contributed by atoms with Gasteiger partial charge in [-0.15, -0.1) is 0 Å². The van der Waals surface area contributed by atoms with E-state index in [1.54, 1.807) is 0 Å². The summed E-state index contributed by atoms with van der Waals surface area (Å²) in [6.45, 7) is 15.8. The van der Waals surface area contributed by atoms with Gasteiger partial charge in [-0.05, 0) is 23.0 Å². The second kappa shape index (κ2) is 4.81. The molecule has 0 heterocycles. The van der Waals surface area contributed by atoms with Gasteiger partial charge in [-0.2, -0.15) is 0 Å². The summed E-state index contributed by atoms with van der Waals surface area (Å²) in [5, 5.41) is 0. The van der Waals surface area contributed by atoms with Gasteiger partial charge in [-0.25, -0.2) is 4.85 Å². The maximum Gasteiger partial charge on any atom is 0.194 e. The smallest absolute Gasteiger partial charge is 0.194 e. The molecule has 1 nitrogen and oxygen atoms in total. The maximum absolute atomic E-state index is 7.29. The highest BCUT2D eigenvalue weighted by molar-refractivity contribution is 9.10. The molecule has 0 unspecified atom stereocenters. The number of halogens is 1. The van der Waals surface area contributed by atoms with E-state index < -0.39 is 0 Å². The molecular formula is C13H16BrN. The normalized spacial score (nSPS) is 10.8. The third-order valence-electron chi connectivity index (χ3n) is 2.49. The summed E-state index contributed by atoms with van der Waals surface area (Å²) in [4.78, 5) is 3.68. The molecule has 0 saturated carbocycles. The topological polar surface area (TPSA) is 4.36 Å². The fourth-order valence-electron chi connectivity index (χ4n) is 1.65. The molecule has 1 rings (SSSR count). The summed E-state index contributed by atoms with van der Waals surface area (Å²) in [7, 11) is 0. The van der Waals surface area contributed by atoms with Gasteiger partial charge in [0.25, 0.3) is 0 Å². The van der Waals surface area contributed by atoms with E-state index in [0.717, 1.165) is 21.3 Å². The summed E-state index contributed by atoms with van der Waals surface area (Å²) >= 11 is 3.51. The van der Waals surface area contributed by atoms with E-state index in [1.807, 2.05) is 0 Å². The number of hydrogen-bond acceptors (Lipinski definition) is 0. The van der Waals surface area contributed by atoms with Crippen LogP contribution in [0.3, 0.4) is 0 Å². The minimum Gasteiger partial charge on any atom is -0.238 e. The molecule has 80 valence electrons. The molecule has 0 fully saturated rings. The van der Waals surface area contributed by atoms with Gasteiger partial charge in [-0.1, -0.05) is 55.8 Å². The second-order valence-electron chi connectivity index (χ2n) is 4.35. The summed E-state index contributed by atoms with van der Waals surface area (Å²) < 4.78 is 1.07. The maximum atomic E-state index is 7.29. The van der Waals surface area contributed by atoms with Crippen LogP contribution in [0.4, 0.5) is 5.69 Å². The minimum absolute atomic E-state index is 0.393. The first-order chi connectivity index (χ1) is 6.97. The van der Waals surface area contributed by atoms with Crippen LogP contribution in [0.15, 0.2) is 16.6 Å². The highest BCUT2D eigenvalue weighted by Crippen LogP contribution is 2.37. The number of nitrogens with zero attached hydrogens (tertiary/aromatic N) is 1. The molecule has 0 aliphatic heterocycles. The van der Waals surface area contributed by atoms with E-state index in [9.17, 15) is 0 Å². The predicted octanol–water partition coefficient (Wildman–Crippen LogP) is 5.25. The average molecular weight is 266 g/mol. The van der Waals surface area contributed by atoms with Crippen molar-refractivity contribution in [2.24, 2.45) is 0 Å². The van der Waals surface area contributed by atoms with Crippen LogP contribution in [0.5, 0.6) is 0 Å². The van der Waals surface area contributed by atoms with Crippen LogP contribution in [0.1, 0.15) is 50.7 Å². The van der Waals surface area contributed by atoms with Gasteiger partial charge in [0.1, 0.15) is 0 Å². The van der Waals surface area contributed by atoms with Gasteiger partial charge in [0, 0.05) is 4.47 Å². The van der Waals surface area contributed by atoms with Gasteiger partial charge in [-0.3, -0.25) is 0 Å². The second-order valence-corrected chi connectivity index (χ2v) is 5.27. The molecule has 0 radical (unpaired) electrons. The van der Waals surface area contributed by atoms with Crippen molar-refractivity contribution in [1.82, 2.24) is 0 Å². The molecule has 0 N–H and O–H groups in total. The third kappa shape index (κ3) is 2.60. The van der Waals surface area contributed by atoms with Crippen molar-refractivity contribution >= 4 is 21.6 Å². The zero-order valence-electron chi connectivity index (χ0n) is 9.63. The lowest BCUT2D eigenvalue weighted by atomic mass is 9.93. The van der Waals surface area contributed by atoms with E-state index in [-0.39, 0.29) is 0 Å². The number of hydrogen-bond donors (Lipinski definition) is 0. The predicted molar refractivity (Wildman–Crippen MR) is 68.6 cm³/mol. The quantitative estimate of drug-likeness (QED) is 0.644. The van der Waals surface area contributed by atoms with Gasteiger partial charge in [0.15, 0.2) is 5.69 Å². The fourth-order valence-corrected chi connectivity index (χ4v) is 2.14. The molecule has 0 aliphatic carbocycles. The zero-order chi connectivity index (χ0) is 11.6. The van der Waals surface area contributed by atoms with Crippen molar-refractivity contribution in [3.05, 3.63) is 39.1 Å². The van der Waals surface area contributed by atoms with Crippen LogP contribution >= 0.6 is 15.9 Å². The van der Waals surface area contributed by atoms with Gasteiger partial charge < -0.3 is 0 Å². The summed E-state index contributed by atoms with van der Waals surface area (Å²) in [6.07, 6.45) is 0. The van der Waals surface area contributed by atoms with E-state index in [0.29, 0.717) is 11.8 Å². The summed E-state index contributed by atoms with van der Waals surface area (Å²) in [5.74, 6) is 0.785. The van der Waals surface area contributed by atoms with Crippen LogP contribution < -0.4 is 0 Å². The van der Waals surface area contributed by atoms with Crippen molar-refractivity contribution in [3.8, 4) is 0 Å². The summed E-state index contributed by atoms with van der Waals surface area (Å²) in [5.41, 5.74) is 3.12. The molecule has 0 atom stereocenters. The first-order valence-corrected chi connectivity index (χ1v) is 5.97. The Balaban J connectivity index is 3.47. The Kier molecular flexibility index (Phi) is 3.93. The minimum atomic E-state index is 0.393. The zero-order valence-corrected chi connectivity index (χ0v) is 11.2. The van der Waals surface area contributed by atoms with Crippen LogP contribution in [-0.4, -0.2) is 0 Å². The SMILES string of the molecule is [C-]#[N+]c1c(C(C)C)cc(Br)cc1C(C)C. The van der Waals surface area contributed by atoms with Crippen LogP contribution in [0.2, 0.25) is 0 Å². The first-order valence-electron chi connectivity index (χ1n) is 5.18. The Morgan fingerprint density at radius 3 is 1.73 bits per heavy atom. The fraction of sp³-hybridized carbons (Fsp3) is 0.462. The van der Waals surface area contributed by atoms with E-state index in [4.69, 9.17) is 6.57 Å². The largest absolute Gasteiger partial charge is 0.238 e. The third-order valence-corrected chi connectivity index (χ3v) is 2.95. The standard InChI is InChI=1S/C13H16BrN/c1-8(2)11-6-10(14)7-12(9(3)4)13(11)15-5/h6-9H,1-4H3. The Morgan fingerprint density at radius 2 is 1.47 bits per heavy atom. The highest BCUT2D eigenvalue weighted by atomic mass is 79.9. The van der Waals surface area contributed by atoms with Crippen molar-refractivity contribution in [2.45, 2.75) is 39.5 Å². The van der Waals surface area contributed by atoms with Crippen molar-refractivity contribution in [3.63, 3.8) is 0 Å². The first kappa shape index (κ1) is 12.3. The molecule has 1 aromatic carbocycles. The number of benzene rings is 1. The molecule has 0 amide bonds. The Morgan fingerprint density at radius 1 is 1.07 bits per heavy atom. The highest BCUT2D eigenvalue weighted by Gasteiger charge is 2.14. The lowest BCUT2D eigenvalue weighted by Crippen LogP contribution is -1.95. The van der Waals surface area contributed by atoms with Crippen molar-refractivity contribution < 1.29 is 0 Å². The molecule has 0 aromatic heterocycles. The lowest BCUT2D eigenvalue weighted by Gasteiger charge is -2.15. The Labute approximate surface area is 100 Å². The Bertz CT molecular complexity index is 370. The van der Waals surface area contributed by atoms with Crippen molar-refractivity contribution in [1.29, 1.82) is 0 Å². The van der Waals surface area contributed by atoms with Crippen LogP contribution in [0, 0.1) is 6.57 Å². The van der Waals surface area contributed by atoms with Gasteiger partial charge in [0.05, 0.1) is 6.57 Å². The van der Waals surface area contributed by atoms with Crippen LogP contribution in [0.25, 0.3) is 4.85 Å². The van der Waals surface area contributed by atoms with Crippen molar-refractivity contribution in [2.75, 3.05) is 0 Å². The molecule has 0 spiro atoms. The molecule has 0 aliphatic rings. The monoisotopic (exact) mass is 265 g/mol. The van der Waals surface area contributed by atoms with E-state index in [1.165, 1.54) is 0 Å². The van der Waals surface area contributed by atoms with Gasteiger partial charge >= 0.3 is 0 Å². The molecule has 0 saturated heterocycles. The lowest BCUT2D eigenvalue weighted by molar-refractivity contribution is 0.840. The van der Waals surface area contributed by atoms with Gasteiger partial charge in [0.2, 0.25) is 0 Å². The summed E-state index contributed by atoms with van der Waals surface area (Å²) in [6, 6.07) is 4.12. The average Bonchev–Trinajstić information content (AvgIpc) is 2.16. The molecule has 0 bridgehead atoms. The molecular weight excluding hydrogens is 250 g/mol.